The fraction of sp³-hybridized carbons (Fsp3) is 0. The number of halogens is 2. The maximum atomic E-state index is 13.2. The molecule has 5 heteroatoms. The first-order valence-electron chi connectivity index (χ1n) is 5.37. The van der Waals surface area contributed by atoms with E-state index in [1.807, 2.05) is 6.07 Å². The van der Waals surface area contributed by atoms with Crippen LogP contribution in [-0.4, -0.2) is 5.91 Å². The first-order chi connectivity index (χ1) is 9.11. The van der Waals surface area contributed by atoms with Crippen molar-refractivity contribution >= 4 is 23.2 Å². The van der Waals surface area contributed by atoms with Crippen molar-refractivity contribution in [1.29, 1.82) is 5.26 Å². The molecule has 1 amide bonds. The molecule has 0 bridgehead atoms. The highest BCUT2D eigenvalue weighted by atomic mass is 35.5. The van der Waals surface area contributed by atoms with Crippen molar-refractivity contribution in [3.8, 4) is 6.07 Å². The van der Waals surface area contributed by atoms with Crippen LogP contribution in [0.2, 0.25) is 5.02 Å². The molecule has 94 valence electrons. The summed E-state index contributed by atoms with van der Waals surface area (Å²) in [5.74, 6) is -1.15. The smallest absolute Gasteiger partial charge is 0.257 e. The van der Waals surface area contributed by atoms with Crippen LogP contribution in [0.4, 0.5) is 10.1 Å². The minimum Gasteiger partial charge on any atom is -0.322 e. The molecule has 2 aromatic rings. The Kier molecular flexibility index (Phi) is 3.79. The molecule has 0 unspecified atom stereocenters. The Morgan fingerprint density at radius 3 is 2.53 bits per heavy atom. The predicted molar refractivity (Wildman–Crippen MR) is 70.5 cm³/mol. The average molecular weight is 275 g/mol. The number of hydrogen-bond donors (Lipinski definition) is 1. The molecule has 19 heavy (non-hydrogen) atoms. The molecule has 0 spiro atoms. The van der Waals surface area contributed by atoms with E-state index < -0.39 is 11.7 Å². The highest BCUT2D eigenvalue weighted by Gasteiger charge is 2.13. The quantitative estimate of drug-likeness (QED) is 0.909. The van der Waals surface area contributed by atoms with E-state index in [4.69, 9.17) is 16.9 Å². The van der Waals surface area contributed by atoms with Gasteiger partial charge in [0.25, 0.3) is 5.91 Å². The number of nitrogens with zero attached hydrogens (tertiary/aromatic N) is 1. The third-order valence-electron chi connectivity index (χ3n) is 2.47. The number of nitrogens with one attached hydrogen (secondary N) is 1. The first-order valence-corrected chi connectivity index (χ1v) is 5.75. The molecule has 0 aromatic heterocycles. The predicted octanol–water partition coefficient (Wildman–Crippen LogP) is 3.60. The Hall–Kier alpha value is -2.38. The lowest BCUT2D eigenvalue weighted by atomic mass is 10.2. The summed E-state index contributed by atoms with van der Waals surface area (Å²) in [7, 11) is 0. The van der Waals surface area contributed by atoms with Crippen molar-refractivity contribution in [3.63, 3.8) is 0 Å². The van der Waals surface area contributed by atoms with E-state index in [1.54, 1.807) is 24.3 Å². The molecule has 0 aliphatic carbocycles. The number of benzene rings is 2. The Labute approximate surface area is 114 Å². The van der Waals surface area contributed by atoms with E-state index in [0.29, 0.717) is 11.3 Å². The van der Waals surface area contributed by atoms with Crippen LogP contribution in [0.5, 0.6) is 0 Å². The van der Waals surface area contributed by atoms with Crippen molar-refractivity contribution in [1.82, 2.24) is 0 Å². The van der Waals surface area contributed by atoms with Crippen LogP contribution in [-0.2, 0) is 0 Å². The summed E-state index contributed by atoms with van der Waals surface area (Å²) in [5.41, 5.74) is 1.05. The first kappa shape index (κ1) is 13.1. The number of rotatable bonds is 2. The maximum absolute atomic E-state index is 13.2. The summed E-state index contributed by atoms with van der Waals surface area (Å²) in [6.45, 7) is 0. The van der Waals surface area contributed by atoms with Gasteiger partial charge in [0.05, 0.1) is 22.2 Å². The lowest BCUT2D eigenvalue weighted by molar-refractivity contribution is 0.102. The molecular weight excluding hydrogens is 267 g/mol. The molecule has 3 nitrogen and oxygen atoms in total. The lowest BCUT2D eigenvalue weighted by Crippen LogP contribution is -2.12. The molecular formula is C14H8ClFN2O. The minimum absolute atomic E-state index is 0.0611. The van der Waals surface area contributed by atoms with Gasteiger partial charge in [0.15, 0.2) is 0 Å². The fourth-order valence-electron chi connectivity index (χ4n) is 1.51. The van der Waals surface area contributed by atoms with Crippen molar-refractivity contribution in [2.75, 3.05) is 5.32 Å². The second-order valence-corrected chi connectivity index (χ2v) is 4.12. The van der Waals surface area contributed by atoms with Gasteiger partial charge in [-0.1, -0.05) is 17.7 Å². The van der Waals surface area contributed by atoms with E-state index in [2.05, 4.69) is 5.32 Å². The van der Waals surface area contributed by atoms with Crippen molar-refractivity contribution in [2.24, 2.45) is 0 Å². The molecule has 0 atom stereocenters. The second kappa shape index (κ2) is 5.51. The van der Waals surface area contributed by atoms with Gasteiger partial charge in [-0.25, -0.2) is 4.39 Å². The Morgan fingerprint density at radius 1 is 1.21 bits per heavy atom. The summed E-state index contributed by atoms with van der Waals surface area (Å²) in [5, 5.41) is 11.0. The van der Waals surface area contributed by atoms with Gasteiger partial charge in [0.1, 0.15) is 5.82 Å². The summed E-state index contributed by atoms with van der Waals surface area (Å²) in [6, 6.07) is 12.3. The van der Waals surface area contributed by atoms with Gasteiger partial charge in [-0.05, 0) is 36.4 Å². The van der Waals surface area contributed by atoms with Gasteiger partial charge in [-0.3, -0.25) is 4.79 Å². The van der Waals surface area contributed by atoms with Crippen molar-refractivity contribution in [2.45, 2.75) is 0 Å². The van der Waals surface area contributed by atoms with Gasteiger partial charge in [0.2, 0.25) is 0 Å². The number of anilines is 1. The third-order valence-corrected chi connectivity index (χ3v) is 2.85. The fourth-order valence-corrected chi connectivity index (χ4v) is 1.72. The minimum atomic E-state index is -0.644. The molecule has 2 aromatic carbocycles. The van der Waals surface area contributed by atoms with Crippen LogP contribution in [0.15, 0.2) is 42.5 Å². The second-order valence-electron chi connectivity index (χ2n) is 3.74. The molecule has 0 saturated carbocycles. The Bertz CT molecular complexity index is 662. The largest absolute Gasteiger partial charge is 0.322 e. The van der Waals surface area contributed by atoms with E-state index in [-0.39, 0.29) is 10.6 Å². The van der Waals surface area contributed by atoms with Crippen LogP contribution >= 0.6 is 11.6 Å². The molecule has 1 N–H and O–H groups in total. The Morgan fingerprint density at radius 2 is 1.89 bits per heavy atom. The monoisotopic (exact) mass is 274 g/mol. The molecule has 0 aliphatic rings. The van der Waals surface area contributed by atoms with Crippen LogP contribution in [0, 0.1) is 17.1 Å². The zero-order valence-corrected chi connectivity index (χ0v) is 10.4. The van der Waals surface area contributed by atoms with Crippen LogP contribution < -0.4 is 5.32 Å². The Balaban J connectivity index is 2.21. The number of carbonyl (C=O) groups excluding carboxylic acids is 1. The zero-order valence-electron chi connectivity index (χ0n) is 9.65. The van der Waals surface area contributed by atoms with Gasteiger partial charge >= 0.3 is 0 Å². The van der Waals surface area contributed by atoms with Crippen molar-refractivity contribution < 1.29 is 9.18 Å². The maximum Gasteiger partial charge on any atom is 0.257 e. The van der Waals surface area contributed by atoms with E-state index >= 15 is 0 Å². The van der Waals surface area contributed by atoms with Gasteiger partial charge in [-0.15, -0.1) is 0 Å². The van der Waals surface area contributed by atoms with E-state index in [9.17, 15) is 9.18 Å². The number of hydrogen-bond acceptors (Lipinski definition) is 2. The summed E-state index contributed by atoms with van der Waals surface area (Å²) >= 11 is 5.72. The number of nitriles is 1. The highest BCUT2D eigenvalue weighted by molar-refractivity contribution is 6.34. The van der Waals surface area contributed by atoms with Crippen molar-refractivity contribution in [3.05, 3.63) is 64.4 Å². The SMILES string of the molecule is N#Cc1ccc(NC(=O)c2cccc(F)c2Cl)cc1. The van der Waals surface area contributed by atoms with Gasteiger partial charge in [-0.2, -0.15) is 5.26 Å². The number of carbonyl (C=O) groups is 1. The van der Waals surface area contributed by atoms with Crippen LogP contribution in [0.3, 0.4) is 0 Å². The highest BCUT2D eigenvalue weighted by Crippen LogP contribution is 2.21. The molecule has 0 saturated heterocycles. The average Bonchev–Trinajstić information content (AvgIpc) is 2.42. The third kappa shape index (κ3) is 2.90. The molecule has 0 radical (unpaired) electrons. The molecule has 0 aliphatic heterocycles. The molecule has 0 heterocycles. The molecule has 2 rings (SSSR count). The van der Waals surface area contributed by atoms with E-state index in [1.165, 1.54) is 18.2 Å². The number of amides is 1. The van der Waals surface area contributed by atoms with Gasteiger partial charge < -0.3 is 5.32 Å². The van der Waals surface area contributed by atoms with Crippen LogP contribution in [0.1, 0.15) is 15.9 Å². The summed E-state index contributed by atoms with van der Waals surface area (Å²) < 4.78 is 13.2. The summed E-state index contributed by atoms with van der Waals surface area (Å²) in [4.78, 5) is 11.9. The van der Waals surface area contributed by atoms with Crippen LogP contribution in [0.25, 0.3) is 0 Å². The van der Waals surface area contributed by atoms with E-state index in [0.717, 1.165) is 0 Å². The lowest BCUT2D eigenvalue weighted by Gasteiger charge is -2.07. The van der Waals surface area contributed by atoms with Gasteiger partial charge in [0, 0.05) is 5.69 Å². The normalized spacial score (nSPS) is 9.74. The molecule has 0 fully saturated rings. The summed E-state index contributed by atoms with van der Waals surface area (Å²) in [6.07, 6.45) is 0. The standard InChI is InChI=1S/C14H8ClFN2O/c15-13-11(2-1-3-12(13)16)14(19)18-10-6-4-9(8-17)5-7-10/h1-7H,(H,18,19). The zero-order chi connectivity index (χ0) is 13.8. The topological polar surface area (TPSA) is 52.9 Å².